The molecule has 3 rings (SSSR count). The summed E-state index contributed by atoms with van der Waals surface area (Å²) in [5, 5.41) is 0.567. The van der Waals surface area contributed by atoms with E-state index in [0.29, 0.717) is 28.6 Å². The third-order valence-corrected chi connectivity index (χ3v) is 2.66. The first-order valence-electron chi connectivity index (χ1n) is 5.26. The fourth-order valence-corrected chi connectivity index (χ4v) is 1.84. The van der Waals surface area contributed by atoms with Gasteiger partial charge < -0.3 is 4.42 Å². The van der Waals surface area contributed by atoms with Crippen molar-refractivity contribution in [3.8, 4) is 0 Å². The summed E-state index contributed by atoms with van der Waals surface area (Å²) >= 11 is 5.84. The lowest BCUT2D eigenvalue weighted by atomic mass is 10.1. The number of hydrogen-bond acceptors (Lipinski definition) is 3. The van der Waals surface area contributed by atoms with Gasteiger partial charge in [0.25, 0.3) is 0 Å². The number of oxazole rings is 1. The van der Waals surface area contributed by atoms with Gasteiger partial charge >= 0.3 is 0 Å². The predicted octanol–water partition coefficient (Wildman–Crippen LogP) is 3.47. The minimum Gasteiger partial charge on any atom is -0.422 e. The van der Waals surface area contributed by atoms with Crippen molar-refractivity contribution >= 4 is 22.8 Å². The maximum atomic E-state index is 5.84. The zero-order valence-corrected chi connectivity index (χ0v) is 9.69. The lowest BCUT2D eigenvalue weighted by Gasteiger charge is -1.94. The highest BCUT2D eigenvalue weighted by molar-refractivity contribution is 6.30. The largest absolute Gasteiger partial charge is 0.422 e. The van der Waals surface area contributed by atoms with Gasteiger partial charge in [-0.05, 0) is 11.6 Å². The number of halogens is 1. The molecular formula is C13H9ClN2O. The number of pyridine rings is 1. The average Bonchev–Trinajstić information content (AvgIpc) is 2.71. The van der Waals surface area contributed by atoms with Crippen molar-refractivity contribution in [2.75, 3.05) is 0 Å². The molecule has 0 atom stereocenters. The third kappa shape index (κ3) is 2.15. The smallest absolute Gasteiger partial charge is 0.247 e. The van der Waals surface area contributed by atoms with Crippen molar-refractivity contribution in [2.24, 2.45) is 0 Å². The van der Waals surface area contributed by atoms with Crippen molar-refractivity contribution in [3.63, 3.8) is 0 Å². The molecule has 0 fully saturated rings. The summed E-state index contributed by atoms with van der Waals surface area (Å²) in [7, 11) is 0. The van der Waals surface area contributed by atoms with E-state index in [1.54, 1.807) is 12.3 Å². The monoisotopic (exact) mass is 244 g/mol. The van der Waals surface area contributed by atoms with Crippen LogP contribution in [0.3, 0.4) is 0 Å². The van der Waals surface area contributed by atoms with Gasteiger partial charge in [-0.1, -0.05) is 41.9 Å². The molecule has 0 aliphatic carbocycles. The van der Waals surface area contributed by atoms with Crippen LogP contribution in [0.4, 0.5) is 0 Å². The van der Waals surface area contributed by atoms with E-state index in [2.05, 4.69) is 9.97 Å². The van der Waals surface area contributed by atoms with Crippen molar-refractivity contribution in [1.82, 2.24) is 9.97 Å². The first-order chi connectivity index (χ1) is 8.31. The molecule has 0 saturated heterocycles. The quantitative estimate of drug-likeness (QED) is 0.693. The van der Waals surface area contributed by atoms with Gasteiger partial charge in [0.1, 0.15) is 5.52 Å². The van der Waals surface area contributed by atoms with Gasteiger partial charge in [0.15, 0.2) is 0 Å². The summed E-state index contributed by atoms with van der Waals surface area (Å²) in [5.41, 5.74) is 2.38. The Balaban J connectivity index is 1.96. The van der Waals surface area contributed by atoms with Crippen LogP contribution in [0.25, 0.3) is 11.2 Å². The van der Waals surface area contributed by atoms with Crippen LogP contribution in [0.15, 0.2) is 47.0 Å². The second-order valence-corrected chi connectivity index (χ2v) is 4.18. The fourth-order valence-electron chi connectivity index (χ4n) is 1.69. The summed E-state index contributed by atoms with van der Waals surface area (Å²) < 4.78 is 5.55. The Morgan fingerprint density at radius 2 is 2.00 bits per heavy atom. The van der Waals surface area contributed by atoms with Crippen LogP contribution < -0.4 is 0 Å². The maximum absolute atomic E-state index is 5.84. The van der Waals surface area contributed by atoms with Gasteiger partial charge in [-0.3, -0.25) is 0 Å². The van der Waals surface area contributed by atoms with Crippen molar-refractivity contribution in [2.45, 2.75) is 6.42 Å². The van der Waals surface area contributed by atoms with Crippen molar-refractivity contribution in [1.29, 1.82) is 0 Å². The molecule has 3 aromatic rings. The molecule has 2 heterocycles. The Bertz CT molecular complexity index is 649. The van der Waals surface area contributed by atoms with E-state index in [0.717, 1.165) is 5.56 Å². The van der Waals surface area contributed by atoms with E-state index in [1.165, 1.54) is 0 Å². The minimum atomic E-state index is 0.528. The zero-order valence-electron chi connectivity index (χ0n) is 8.93. The van der Waals surface area contributed by atoms with Gasteiger partial charge in [0.05, 0.1) is 5.02 Å². The molecule has 0 radical (unpaired) electrons. The first-order valence-corrected chi connectivity index (χ1v) is 5.64. The molecule has 0 N–H and O–H groups in total. The predicted molar refractivity (Wildman–Crippen MR) is 66.1 cm³/mol. The van der Waals surface area contributed by atoms with Crippen LogP contribution in [-0.2, 0) is 6.42 Å². The number of hydrogen-bond donors (Lipinski definition) is 0. The van der Waals surface area contributed by atoms with Gasteiger partial charge in [0, 0.05) is 12.6 Å². The van der Waals surface area contributed by atoms with Gasteiger partial charge in [0.2, 0.25) is 11.6 Å². The molecule has 3 nitrogen and oxygen atoms in total. The SMILES string of the molecule is Clc1cnc2oc(Cc3ccccc3)nc2c1. The summed E-state index contributed by atoms with van der Waals surface area (Å²) in [6.07, 6.45) is 2.22. The van der Waals surface area contributed by atoms with Crippen LogP contribution >= 0.6 is 11.6 Å². The van der Waals surface area contributed by atoms with Crippen LogP contribution in [-0.4, -0.2) is 9.97 Å². The molecule has 84 valence electrons. The van der Waals surface area contributed by atoms with E-state index in [-0.39, 0.29) is 0 Å². The summed E-state index contributed by atoms with van der Waals surface area (Å²) in [5.74, 6) is 0.654. The topological polar surface area (TPSA) is 38.9 Å². The Morgan fingerprint density at radius 3 is 2.82 bits per heavy atom. The first kappa shape index (κ1) is 10.3. The number of fused-ring (bicyclic) bond motifs is 1. The van der Waals surface area contributed by atoms with Crippen LogP contribution in [0.5, 0.6) is 0 Å². The molecular weight excluding hydrogens is 236 g/mol. The molecule has 17 heavy (non-hydrogen) atoms. The molecule has 0 aliphatic heterocycles. The van der Waals surface area contributed by atoms with Gasteiger partial charge in [-0.15, -0.1) is 0 Å². The van der Waals surface area contributed by atoms with Crippen molar-refractivity contribution in [3.05, 3.63) is 59.1 Å². The Labute approximate surface area is 103 Å². The molecule has 0 amide bonds. The van der Waals surface area contributed by atoms with Crippen LogP contribution in [0.2, 0.25) is 5.02 Å². The number of nitrogens with zero attached hydrogens (tertiary/aromatic N) is 2. The Kier molecular flexibility index (Phi) is 2.53. The second-order valence-electron chi connectivity index (χ2n) is 3.75. The Morgan fingerprint density at radius 1 is 1.18 bits per heavy atom. The van der Waals surface area contributed by atoms with E-state index in [9.17, 15) is 0 Å². The Hall–Kier alpha value is -1.87. The van der Waals surface area contributed by atoms with Gasteiger partial charge in [-0.25, -0.2) is 9.97 Å². The highest BCUT2D eigenvalue weighted by Crippen LogP contribution is 2.18. The normalized spacial score (nSPS) is 10.9. The summed E-state index contributed by atoms with van der Waals surface area (Å²) in [4.78, 5) is 8.44. The molecule has 0 bridgehead atoms. The summed E-state index contributed by atoms with van der Waals surface area (Å²) in [6.45, 7) is 0. The third-order valence-electron chi connectivity index (χ3n) is 2.46. The number of aromatic nitrogens is 2. The molecule has 1 aromatic carbocycles. The number of benzene rings is 1. The lowest BCUT2D eigenvalue weighted by molar-refractivity contribution is 0.535. The van der Waals surface area contributed by atoms with Crippen LogP contribution in [0, 0.1) is 0 Å². The second kappa shape index (κ2) is 4.18. The average molecular weight is 245 g/mol. The molecule has 0 aliphatic rings. The van der Waals surface area contributed by atoms with Gasteiger partial charge in [-0.2, -0.15) is 0 Å². The van der Waals surface area contributed by atoms with Crippen LogP contribution in [0.1, 0.15) is 11.5 Å². The molecule has 0 saturated carbocycles. The maximum Gasteiger partial charge on any atom is 0.247 e. The molecule has 0 unspecified atom stereocenters. The highest BCUT2D eigenvalue weighted by Gasteiger charge is 2.07. The van der Waals surface area contributed by atoms with Crippen molar-refractivity contribution < 1.29 is 4.42 Å². The minimum absolute atomic E-state index is 0.528. The van der Waals surface area contributed by atoms with E-state index >= 15 is 0 Å². The molecule has 4 heteroatoms. The number of rotatable bonds is 2. The summed E-state index contributed by atoms with van der Waals surface area (Å²) in [6, 6.07) is 11.8. The fraction of sp³-hybridized carbons (Fsp3) is 0.0769. The standard InChI is InChI=1S/C13H9ClN2O/c14-10-7-11-13(15-8-10)17-12(16-11)6-9-4-2-1-3-5-9/h1-5,7-8H,6H2. The molecule has 0 spiro atoms. The lowest BCUT2D eigenvalue weighted by Crippen LogP contribution is -1.86. The zero-order chi connectivity index (χ0) is 11.7. The van der Waals surface area contributed by atoms with E-state index in [1.807, 2.05) is 30.3 Å². The van der Waals surface area contributed by atoms with E-state index < -0.39 is 0 Å². The molecule has 2 aromatic heterocycles. The highest BCUT2D eigenvalue weighted by atomic mass is 35.5. The van der Waals surface area contributed by atoms with E-state index in [4.69, 9.17) is 16.0 Å².